The zero-order chi connectivity index (χ0) is 15.2. The summed E-state index contributed by atoms with van der Waals surface area (Å²) in [5.41, 5.74) is -0.604. The van der Waals surface area contributed by atoms with Crippen LogP contribution < -0.4 is 5.32 Å². The van der Waals surface area contributed by atoms with Crippen LogP contribution in [-0.4, -0.2) is 66.6 Å². The minimum atomic E-state index is -1.09. The van der Waals surface area contributed by atoms with Crippen molar-refractivity contribution in [2.24, 2.45) is 5.41 Å². The van der Waals surface area contributed by atoms with Crippen molar-refractivity contribution in [3.63, 3.8) is 0 Å². The van der Waals surface area contributed by atoms with Crippen LogP contribution in [0.25, 0.3) is 0 Å². The summed E-state index contributed by atoms with van der Waals surface area (Å²) in [5, 5.41) is 21.1. The number of carbonyl (C=O) groups excluding carboxylic acids is 1. The number of ether oxygens (including phenoxy) is 1. The molecule has 0 fully saturated rings. The first-order chi connectivity index (χ1) is 8.59. The number of hydrogen-bond acceptors (Lipinski definition) is 4. The third-order valence-corrected chi connectivity index (χ3v) is 2.57. The fraction of sp³-hybridized carbons (Fsp3) is 0.833. The SMILES string of the molecule is COCC(O)CN(C)C(=O)N[C@H](C(=O)O)C(C)(C)C. The number of amides is 2. The molecule has 7 nitrogen and oxygen atoms in total. The van der Waals surface area contributed by atoms with Gasteiger partial charge < -0.3 is 25.2 Å². The highest BCUT2D eigenvalue weighted by molar-refractivity contribution is 5.83. The van der Waals surface area contributed by atoms with Gasteiger partial charge in [0.25, 0.3) is 0 Å². The Morgan fingerprint density at radius 3 is 2.26 bits per heavy atom. The maximum Gasteiger partial charge on any atom is 0.326 e. The van der Waals surface area contributed by atoms with Crippen LogP contribution in [0.2, 0.25) is 0 Å². The van der Waals surface area contributed by atoms with E-state index in [1.54, 1.807) is 20.8 Å². The maximum atomic E-state index is 11.8. The van der Waals surface area contributed by atoms with Crippen LogP contribution in [0.1, 0.15) is 20.8 Å². The molecule has 0 aromatic carbocycles. The van der Waals surface area contributed by atoms with Gasteiger partial charge in [0.1, 0.15) is 6.04 Å². The second kappa shape index (κ2) is 7.30. The minimum absolute atomic E-state index is 0.0656. The van der Waals surface area contributed by atoms with Crippen molar-refractivity contribution in [1.29, 1.82) is 0 Å². The van der Waals surface area contributed by atoms with Crippen molar-refractivity contribution in [2.75, 3.05) is 27.3 Å². The lowest BCUT2D eigenvalue weighted by Gasteiger charge is -2.30. The fourth-order valence-electron chi connectivity index (χ4n) is 1.53. The van der Waals surface area contributed by atoms with Crippen LogP contribution in [0, 0.1) is 5.41 Å². The van der Waals surface area contributed by atoms with E-state index >= 15 is 0 Å². The summed E-state index contributed by atoms with van der Waals surface area (Å²) >= 11 is 0. The molecule has 0 spiro atoms. The molecule has 0 aliphatic carbocycles. The van der Waals surface area contributed by atoms with Gasteiger partial charge >= 0.3 is 12.0 Å². The molecule has 0 rings (SSSR count). The lowest BCUT2D eigenvalue weighted by molar-refractivity contribution is -0.142. The first-order valence-electron chi connectivity index (χ1n) is 6.01. The van der Waals surface area contributed by atoms with Gasteiger partial charge in [-0.15, -0.1) is 0 Å². The summed E-state index contributed by atoms with van der Waals surface area (Å²) in [4.78, 5) is 24.2. The second-order valence-corrected chi connectivity index (χ2v) is 5.58. The zero-order valence-corrected chi connectivity index (χ0v) is 12.1. The molecule has 0 bridgehead atoms. The first kappa shape index (κ1) is 17.7. The highest BCUT2D eigenvalue weighted by Crippen LogP contribution is 2.19. The Kier molecular flexibility index (Phi) is 6.78. The number of hydrogen-bond donors (Lipinski definition) is 3. The van der Waals surface area contributed by atoms with Gasteiger partial charge in [-0.25, -0.2) is 9.59 Å². The minimum Gasteiger partial charge on any atom is -0.480 e. The summed E-state index contributed by atoms with van der Waals surface area (Å²) in [5.74, 6) is -1.09. The van der Waals surface area contributed by atoms with Crippen LogP contribution >= 0.6 is 0 Å². The second-order valence-electron chi connectivity index (χ2n) is 5.58. The molecule has 0 aromatic rings. The highest BCUT2D eigenvalue weighted by atomic mass is 16.5. The molecule has 2 amide bonds. The molecule has 0 radical (unpaired) electrons. The van der Waals surface area contributed by atoms with E-state index < -0.39 is 29.6 Å². The van der Waals surface area contributed by atoms with E-state index in [-0.39, 0.29) is 13.2 Å². The molecule has 0 saturated carbocycles. The standard InChI is InChI=1S/C12H24N2O5/c1-12(2,3)9(10(16)17)13-11(18)14(4)6-8(15)7-19-5/h8-9,15H,6-7H2,1-5H3,(H,13,18)(H,16,17)/t8?,9-/m1/s1. The molecule has 112 valence electrons. The number of aliphatic hydroxyl groups excluding tert-OH is 1. The van der Waals surface area contributed by atoms with Gasteiger partial charge in [0.2, 0.25) is 0 Å². The Morgan fingerprint density at radius 1 is 1.37 bits per heavy atom. The van der Waals surface area contributed by atoms with Gasteiger partial charge in [-0.2, -0.15) is 0 Å². The predicted molar refractivity (Wildman–Crippen MR) is 69.9 cm³/mol. The molecule has 19 heavy (non-hydrogen) atoms. The molecule has 2 atom stereocenters. The van der Waals surface area contributed by atoms with E-state index in [2.05, 4.69) is 5.32 Å². The Morgan fingerprint density at radius 2 is 1.89 bits per heavy atom. The summed E-state index contributed by atoms with van der Waals surface area (Å²) in [6, 6.07) is -1.54. The van der Waals surface area contributed by atoms with E-state index in [9.17, 15) is 14.7 Å². The normalized spacial score (nSPS) is 14.6. The van der Waals surface area contributed by atoms with E-state index in [4.69, 9.17) is 9.84 Å². The van der Waals surface area contributed by atoms with Gasteiger partial charge in [-0.05, 0) is 5.41 Å². The van der Waals surface area contributed by atoms with Gasteiger partial charge in [-0.3, -0.25) is 0 Å². The third-order valence-electron chi connectivity index (χ3n) is 2.57. The molecule has 1 unspecified atom stereocenters. The van der Waals surface area contributed by atoms with Crippen molar-refractivity contribution in [1.82, 2.24) is 10.2 Å². The van der Waals surface area contributed by atoms with Crippen LogP contribution in [0.15, 0.2) is 0 Å². The number of nitrogens with one attached hydrogen (secondary N) is 1. The van der Waals surface area contributed by atoms with Crippen LogP contribution in [0.5, 0.6) is 0 Å². The number of rotatable bonds is 6. The number of carbonyl (C=O) groups is 2. The predicted octanol–water partition coefficient (Wildman–Crippen LogP) is 0.134. The lowest BCUT2D eigenvalue weighted by atomic mass is 9.87. The lowest BCUT2D eigenvalue weighted by Crippen LogP contribution is -2.53. The number of carboxylic acid groups (broad SMARTS) is 1. The smallest absolute Gasteiger partial charge is 0.326 e. The molecular weight excluding hydrogens is 252 g/mol. The summed E-state index contributed by atoms with van der Waals surface area (Å²) in [6.45, 7) is 5.36. The van der Waals surface area contributed by atoms with Crippen LogP contribution in [-0.2, 0) is 9.53 Å². The largest absolute Gasteiger partial charge is 0.480 e. The maximum absolute atomic E-state index is 11.8. The average Bonchev–Trinajstić information content (AvgIpc) is 2.23. The van der Waals surface area contributed by atoms with Crippen molar-refractivity contribution in [3.05, 3.63) is 0 Å². The van der Waals surface area contributed by atoms with E-state index in [1.807, 2.05) is 0 Å². The number of aliphatic carboxylic acids is 1. The summed E-state index contributed by atoms with van der Waals surface area (Å²) < 4.78 is 4.76. The fourth-order valence-corrected chi connectivity index (χ4v) is 1.53. The monoisotopic (exact) mass is 276 g/mol. The van der Waals surface area contributed by atoms with E-state index in [1.165, 1.54) is 19.1 Å². The Bertz CT molecular complexity index is 314. The van der Waals surface area contributed by atoms with E-state index in [0.717, 1.165) is 0 Å². The van der Waals surface area contributed by atoms with Crippen molar-refractivity contribution >= 4 is 12.0 Å². The highest BCUT2D eigenvalue weighted by Gasteiger charge is 2.33. The number of nitrogens with zero attached hydrogens (tertiary/aromatic N) is 1. The first-order valence-corrected chi connectivity index (χ1v) is 6.01. The number of carboxylic acids is 1. The summed E-state index contributed by atoms with van der Waals surface area (Å²) in [6.07, 6.45) is -0.807. The molecule has 0 aromatic heterocycles. The van der Waals surface area contributed by atoms with Gasteiger partial charge in [0.15, 0.2) is 0 Å². The number of methoxy groups -OCH3 is 1. The summed E-state index contributed by atoms with van der Waals surface area (Å²) in [7, 11) is 2.93. The number of aliphatic hydroxyl groups is 1. The molecule has 0 aliphatic heterocycles. The van der Waals surface area contributed by atoms with Crippen LogP contribution in [0.4, 0.5) is 4.79 Å². The Labute approximate surface area is 113 Å². The third kappa shape index (κ3) is 6.40. The zero-order valence-electron chi connectivity index (χ0n) is 12.1. The van der Waals surface area contributed by atoms with Gasteiger partial charge in [0.05, 0.1) is 19.3 Å². The Balaban J connectivity index is 4.53. The average molecular weight is 276 g/mol. The van der Waals surface area contributed by atoms with E-state index in [0.29, 0.717) is 0 Å². The Hall–Kier alpha value is -1.34. The number of likely N-dealkylation sites (N-methyl/N-ethyl adjacent to an activating group) is 1. The molecule has 0 aliphatic rings. The van der Waals surface area contributed by atoms with Crippen molar-refractivity contribution in [2.45, 2.75) is 32.9 Å². The molecule has 0 saturated heterocycles. The number of urea groups is 1. The van der Waals surface area contributed by atoms with Gasteiger partial charge in [-0.1, -0.05) is 20.8 Å². The topological polar surface area (TPSA) is 99.1 Å². The van der Waals surface area contributed by atoms with Crippen molar-refractivity contribution in [3.8, 4) is 0 Å². The van der Waals surface area contributed by atoms with Gasteiger partial charge in [0, 0.05) is 14.2 Å². The quantitative estimate of drug-likeness (QED) is 0.640. The molecule has 7 heteroatoms. The van der Waals surface area contributed by atoms with Crippen LogP contribution in [0.3, 0.4) is 0 Å². The molecular formula is C12H24N2O5. The molecule has 3 N–H and O–H groups in total. The van der Waals surface area contributed by atoms with Crippen molar-refractivity contribution < 1.29 is 24.5 Å². The molecule has 0 heterocycles.